The Morgan fingerprint density at radius 1 is 1.30 bits per heavy atom. The topological polar surface area (TPSA) is 108 Å². The first-order chi connectivity index (χ1) is 14.3. The standard InChI is InChI=1S/C20H18Cl2N4O3S/c1-9(27)26(8-15(23)28)18-11-5-3-2-4-10(11)6-12(18)25-20(29)13-7-14-17(24-13)16(21)19(22)30-14/h2-5,7,12,18,24H,6,8H2,1H3,(H2,23,28)(H,25,29)/t12-,18+/m1/s1. The fourth-order valence-corrected chi connectivity index (χ4v) is 5.43. The molecule has 1 aliphatic carbocycles. The van der Waals surface area contributed by atoms with E-state index < -0.39 is 18.0 Å². The zero-order valence-electron chi connectivity index (χ0n) is 15.9. The number of H-pyrrole nitrogens is 1. The lowest BCUT2D eigenvalue weighted by Gasteiger charge is -2.32. The Kier molecular flexibility index (Phi) is 5.48. The number of hydrogen-bond donors (Lipinski definition) is 3. The minimum absolute atomic E-state index is 0.229. The van der Waals surface area contributed by atoms with Crippen LogP contribution < -0.4 is 11.1 Å². The number of aromatic nitrogens is 1. The van der Waals surface area contributed by atoms with E-state index in [1.54, 1.807) is 6.07 Å². The molecule has 0 fully saturated rings. The molecule has 30 heavy (non-hydrogen) atoms. The molecule has 0 saturated carbocycles. The van der Waals surface area contributed by atoms with Gasteiger partial charge in [0.25, 0.3) is 5.91 Å². The summed E-state index contributed by atoms with van der Waals surface area (Å²) in [7, 11) is 0. The van der Waals surface area contributed by atoms with E-state index in [9.17, 15) is 14.4 Å². The molecule has 0 aliphatic heterocycles. The molecule has 2 atom stereocenters. The molecule has 1 aromatic carbocycles. The van der Waals surface area contributed by atoms with Gasteiger partial charge in [0.05, 0.1) is 33.9 Å². The molecule has 10 heteroatoms. The van der Waals surface area contributed by atoms with Gasteiger partial charge in [-0.15, -0.1) is 11.3 Å². The number of aromatic amines is 1. The van der Waals surface area contributed by atoms with Crippen LogP contribution in [0.4, 0.5) is 0 Å². The number of thiophene rings is 1. The van der Waals surface area contributed by atoms with E-state index in [2.05, 4.69) is 10.3 Å². The van der Waals surface area contributed by atoms with Crippen molar-refractivity contribution in [2.45, 2.75) is 25.4 Å². The Bertz CT molecular complexity index is 1170. The van der Waals surface area contributed by atoms with Crippen LogP contribution in [0.5, 0.6) is 0 Å². The highest BCUT2D eigenvalue weighted by Crippen LogP contribution is 2.39. The summed E-state index contributed by atoms with van der Waals surface area (Å²) >= 11 is 13.5. The van der Waals surface area contributed by atoms with Crippen molar-refractivity contribution in [2.75, 3.05) is 6.54 Å². The van der Waals surface area contributed by atoms with Crippen LogP contribution in [0.25, 0.3) is 10.2 Å². The largest absolute Gasteiger partial charge is 0.368 e. The van der Waals surface area contributed by atoms with Crippen LogP contribution in [-0.4, -0.2) is 40.2 Å². The minimum Gasteiger partial charge on any atom is -0.368 e. The molecule has 4 N–H and O–H groups in total. The first-order valence-corrected chi connectivity index (χ1v) is 10.7. The van der Waals surface area contributed by atoms with E-state index in [1.807, 2.05) is 24.3 Å². The van der Waals surface area contributed by atoms with Gasteiger partial charge in [0.15, 0.2) is 0 Å². The third kappa shape index (κ3) is 3.66. The van der Waals surface area contributed by atoms with Gasteiger partial charge in [-0.2, -0.15) is 0 Å². The number of fused-ring (bicyclic) bond motifs is 2. The molecule has 7 nitrogen and oxygen atoms in total. The zero-order chi connectivity index (χ0) is 21.6. The van der Waals surface area contributed by atoms with Crippen LogP contribution >= 0.6 is 34.5 Å². The van der Waals surface area contributed by atoms with Crippen molar-refractivity contribution in [3.05, 3.63) is 56.5 Å². The second kappa shape index (κ2) is 7.94. The summed E-state index contributed by atoms with van der Waals surface area (Å²) in [4.78, 5) is 41.3. The van der Waals surface area contributed by atoms with Crippen LogP contribution in [0.1, 0.15) is 34.6 Å². The van der Waals surface area contributed by atoms with E-state index >= 15 is 0 Å². The second-order valence-corrected chi connectivity index (χ2v) is 9.19. The van der Waals surface area contributed by atoms with E-state index in [4.69, 9.17) is 28.9 Å². The fourth-order valence-electron chi connectivity index (χ4n) is 3.95. The molecule has 1 aliphatic rings. The number of nitrogens with one attached hydrogen (secondary N) is 2. The molecular weight excluding hydrogens is 447 g/mol. The normalized spacial score (nSPS) is 17.7. The Hall–Kier alpha value is -2.55. The van der Waals surface area contributed by atoms with Crippen LogP contribution in [0.2, 0.25) is 9.36 Å². The third-order valence-corrected chi connectivity index (χ3v) is 7.13. The highest BCUT2D eigenvalue weighted by Gasteiger charge is 2.39. The molecule has 4 rings (SSSR count). The number of primary amides is 1. The molecule has 2 aromatic heterocycles. The van der Waals surface area contributed by atoms with Gasteiger partial charge in [-0.25, -0.2) is 0 Å². The Balaban J connectivity index is 1.64. The maximum absolute atomic E-state index is 13.0. The van der Waals surface area contributed by atoms with Crippen LogP contribution in [0.3, 0.4) is 0 Å². The first kappa shape index (κ1) is 20.7. The van der Waals surface area contributed by atoms with Crippen molar-refractivity contribution in [3.63, 3.8) is 0 Å². The van der Waals surface area contributed by atoms with Crippen molar-refractivity contribution in [3.8, 4) is 0 Å². The van der Waals surface area contributed by atoms with Gasteiger partial charge in [0.1, 0.15) is 10.0 Å². The van der Waals surface area contributed by atoms with Crippen LogP contribution in [-0.2, 0) is 16.0 Å². The number of carbonyl (C=O) groups is 3. The average molecular weight is 465 g/mol. The lowest BCUT2D eigenvalue weighted by molar-refractivity contribution is -0.136. The summed E-state index contributed by atoms with van der Waals surface area (Å²) in [6, 6.07) is 8.39. The predicted molar refractivity (Wildman–Crippen MR) is 117 cm³/mol. The summed E-state index contributed by atoms with van der Waals surface area (Å²) in [5.74, 6) is -1.25. The van der Waals surface area contributed by atoms with E-state index in [1.165, 1.54) is 23.2 Å². The Morgan fingerprint density at radius 2 is 2.03 bits per heavy atom. The Morgan fingerprint density at radius 3 is 2.70 bits per heavy atom. The van der Waals surface area contributed by atoms with Crippen molar-refractivity contribution in [2.24, 2.45) is 5.73 Å². The van der Waals surface area contributed by atoms with Gasteiger partial charge in [-0.1, -0.05) is 47.5 Å². The summed E-state index contributed by atoms with van der Waals surface area (Å²) in [6.45, 7) is 1.15. The molecule has 0 unspecified atom stereocenters. The number of nitrogens with zero attached hydrogens (tertiary/aromatic N) is 1. The van der Waals surface area contributed by atoms with Gasteiger partial charge in [-0.05, 0) is 23.6 Å². The van der Waals surface area contributed by atoms with E-state index in [-0.39, 0.29) is 18.4 Å². The molecule has 0 bridgehead atoms. The molecule has 0 spiro atoms. The lowest BCUT2D eigenvalue weighted by Crippen LogP contribution is -2.48. The Labute approximate surface area is 186 Å². The van der Waals surface area contributed by atoms with Crippen LogP contribution in [0.15, 0.2) is 30.3 Å². The van der Waals surface area contributed by atoms with Crippen molar-refractivity contribution < 1.29 is 14.4 Å². The van der Waals surface area contributed by atoms with Crippen molar-refractivity contribution in [1.29, 1.82) is 0 Å². The zero-order valence-corrected chi connectivity index (χ0v) is 18.2. The molecule has 2 heterocycles. The van der Waals surface area contributed by atoms with E-state index in [0.717, 1.165) is 15.8 Å². The van der Waals surface area contributed by atoms with Gasteiger partial charge in [0, 0.05) is 6.92 Å². The van der Waals surface area contributed by atoms with E-state index in [0.29, 0.717) is 27.0 Å². The maximum atomic E-state index is 13.0. The number of carbonyl (C=O) groups excluding carboxylic acids is 3. The summed E-state index contributed by atoms with van der Waals surface area (Å²) in [5, 5.41) is 3.38. The number of benzene rings is 1. The average Bonchev–Trinajstić information content (AvgIpc) is 3.33. The maximum Gasteiger partial charge on any atom is 0.268 e. The van der Waals surface area contributed by atoms with Gasteiger partial charge in [-0.3, -0.25) is 14.4 Å². The monoisotopic (exact) mass is 464 g/mol. The number of halogens is 2. The molecule has 3 aromatic rings. The molecule has 3 amide bonds. The first-order valence-electron chi connectivity index (χ1n) is 9.17. The van der Waals surface area contributed by atoms with Gasteiger partial charge >= 0.3 is 0 Å². The molecular formula is C20H18Cl2N4O3S. The smallest absolute Gasteiger partial charge is 0.268 e. The van der Waals surface area contributed by atoms with Crippen molar-refractivity contribution in [1.82, 2.24) is 15.2 Å². The van der Waals surface area contributed by atoms with Gasteiger partial charge in [0.2, 0.25) is 11.8 Å². The highest BCUT2D eigenvalue weighted by molar-refractivity contribution is 7.23. The van der Waals surface area contributed by atoms with Crippen LogP contribution in [0, 0.1) is 0 Å². The number of nitrogens with two attached hydrogens (primary N) is 1. The third-order valence-electron chi connectivity index (χ3n) is 5.20. The summed E-state index contributed by atoms with van der Waals surface area (Å²) in [6.07, 6.45) is 0.525. The molecule has 0 radical (unpaired) electrons. The van der Waals surface area contributed by atoms with Crippen molar-refractivity contribution >= 4 is 62.5 Å². The van der Waals surface area contributed by atoms with Gasteiger partial charge < -0.3 is 20.9 Å². The molecule has 156 valence electrons. The molecule has 0 saturated heterocycles. The summed E-state index contributed by atoms with van der Waals surface area (Å²) < 4.78 is 1.24. The number of amides is 3. The number of hydrogen-bond acceptors (Lipinski definition) is 4. The minimum atomic E-state index is -0.615. The predicted octanol–water partition coefficient (Wildman–Crippen LogP) is 3.27. The quantitative estimate of drug-likeness (QED) is 0.538. The summed E-state index contributed by atoms with van der Waals surface area (Å²) in [5.41, 5.74) is 8.22. The lowest BCUT2D eigenvalue weighted by atomic mass is 10.0. The highest BCUT2D eigenvalue weighted by atomic mass is 35.5. The second-order valence-electron chi connectivity index (χ2n) is 7.15. The number of rotatable bonds is 5. The fraction of sp³-hybridized carbons (Fsp3) is 0.250. The SMILES string of the molecule is CC(=O)N(CC(N)=O)[C@H]1c2ccccc2C[C@H]1NC(=O)c1cc2sc(Cl)c(Cl)c2[nH]1.